The lowest BCUT2D eigenvalue weighted by molar-refractivity contribution is -0.143. The fourth-order valence-corrected chi connectivity index (χ4v) is 2.63. The van der Waals surface area contributed by atoms with Crippen LogP contribution in [0.15, 0.2) is 24.3 Å². The van der Waals surface area contributed by atoms with Crippen LogP contribution in [-0.4, -0.2) is 34.3 Å². The molecule has 1 aliphatic rings. The Morgan fingerprint density at radius 2 is 1.95 bits per heavy atom. The van der Waals surface area contributed by atoms with Crippen LogP contribution in [0.2, 0.25) is 0 Å². The van der Waals surface area contributed by atoms with Crippen molar-refractivity contribution < 1.29 is 19.5 Å². The third-order valence-corrected chi connectivity index (χ3v) is 3.64. The predicted molar refractivity (Wildman–Crippen MR) is 76.8 cm³/mol. The first kappa shape index (κ1) is 15.2. The quantitative estimate of drug-likeness (QED) is 0.841. The van der Waals surface area contributed by atoms with Gasteiger partial charge in [-0.05, 0) is 24.0 Å². The van der Waals surface area contributed by atoms with Gasteiger partial charge in [-0.15, -0.1) is 0 Å². The van der Waals surface area contributed by atoms with Gasteiger partial charge < -0.3 is 5.11 Å². The van der Waals surface area contributed by atoms with Gasteiger partial charge >= 0.3 is 5.97 Å². The molecule has 0 saturated heterocycles. The van der Waals surface area contributed by atoms with Crippen molar-refractivity contribution in [2.45, 2.75) is 26.7 Å². The van der Waals surface area contributed by atoms with Crippen LogP contribution < -0.4 is 0 Å². The zero-order valence-corrected chi connectivity index (χ0v) is 12.2. The van der Waals surface area contributed by atoms with Crippen molar-refractivity contribution in [1.82, 2.24) is 4.90 Å². The summed E-state index contributed by atoms with van der Waals surface area (Å²) < 4.78 is 0. The van der Waals surface area contributed by atoms with E-state index in [1.165, 1.54) is 0 Å². The summed E-state index contributed by atoms with van der Waals surface area (Å²) in [6, 6.07) is 6.96. The molecule has 2 rings (SSSR count). The lowest BCUT2D eigenvalue weighted by Crippen LogP contribution is -2.46. The van der Waals surface area contributed by atoms with Crippen molar-refractivity contribution in [2.24, 2.45) is 11.8 Å². The molecule has 2 amide bonds. The highest BCUT2D eigenvalue weighted by molar-refractivity contribution is 6.09. The Kier molecular flexibility index (Phi) is 4.40. The molecule has 112 valence electrons. The van der Waals surface area contributed by atoms with Gasteiger partial charge in [0.05, 0.1) is 12.3 Å². The molecule has 1 unspecified atom stereocenters. The van der Waals surface area contributed by atoms with Gasteiger partial charge in [0.1, 0.15) is 0 Å². The summed E-state index contributed by atoms with van der Waals surface area (Å²) in [4.78, 5) is 36.9. The lowest BCUT2D eigenvalue weighted by Gasteiger charge is -2.29. The third kappa shape index (κ3) is 3.29. The number of amides is 2. The van der Waals surface area contributed by atoms with Crippen molar-refractivity contribution in [1.29, 1.82) is 0 Å². The number of rotatable bonds is 5. The number of nitrogens with zero attached hydrogens (tertiary/aromatic N) is 1. The highest BCUT2D eigenvalue weighted by atomic mass is 16.4. The first-order valence-corrected chi connectivity index (χ1v) is 7.05. The Bertz CT molecular complexity index is 579. The van der Waals surface area contributed by atoms with E-state index in [1.54, 1.807) is 24.3 Å². The molecule has 1 aromatic rings. The second-order valence-electron chi connectivity index (χ2n) is 5.81. The maximum Gasteiger partial charge on any atom is 0.308 e. The minimum atomic E-state index is -0.969. The van der Waals surface area contributed by atoms with Crippen LogP contribution in [-0.2, 0) is 16.0 Å². The van der Waals surface area contributed by atoms with Gasteiger partial charge in [-0.1, -0.05) is 32.0 Å². The molecule has 0 spiro atoms. The molecule has 21 heavy (non-hydrogen) atoms. The van der Waals surface area contributed by atoms with E-state index in [-0.39, 0.29) is 24.8 Å². The summed E-state index contributed by atoms with van der Waals surface area (Å²) >= 11 is 0. The topological polar surface area (TPSA) is 74.7 Å². The zero-order valence-electron chi connectivity index (χ0n) is 12.2. The van der Waals surface area contributed by atoms with Crippen LogP contribution in [0.5, 0.6) is 0 Å². The van der Waals surface area contributed by atoms with Crippen LogP contribution >= 0.6 is 0 Å². The van der Waals surface area contributed by atoms with Crippen LogP contribution in [0.3, 0.4) is 0 Å². The first-order chi connectivity index (χ1) is 9.90. The Hall–Kier alpha value is -2.17. The first-order valence-electron chi connectivity index (χ1n) is 7.05. The van der Waals surface area contributed by atoms with Crippen LogP contribution in [0.25, 0.3) is 0 Å². The molecule has 5 heteroatoms. The average Bonchev–Trinajstić information content (AvgIpc) is 2.41. The fraction of sp³-hybridized carbons (Fsp3) is 0.438. The molecule has 5 nitrogen and oxygen atoms in total. The molecule has 1 atom stereocenters. The van der Waals surface area contributed by atoms with Gasteiger partial charge in [0.15, 0.2) is 0 Å². The number of benzene rings is 1. The summed E-state index contributed by atoms with van der Waals surface area (Å²) in [7, 11) is 0. The van der Waals surface area contributed by atoms with Crippen molar-refractivity contribution >= 4 is 17.8 Å². The normalized spacial score (nSPS) is 16.0. The van der Waals surface area contributed by atoms with E-state index < -0.39 is 17.8 Å². The number of carbonyl (C=O) groups is 3. The summed E-state index contributed by atoms with van der Waals surface area (Å²) in [5.41, 5.74) is 1.20. The zero-order chi connectivity index (χ0) is 15.6. The smallest absolute Gasteiger partial charge is 0.308 e. The van der Waals surface area contributed by atoms with Crippen molar-refractivity contribution in [3.63, 3.8) is 0 Å². The number of hydrogen-bond acceptors (Lipinski definition) is 3. The maximum absolute atomic E-state index is 12.4. The Balaban J connectivity index is 2.22. The number of carboxylic acids is 1. The van der Waals surface area contributed by atoms with E-state index in [9.17, 15) is 19.5 Å². The number of carboxylic acid groups (broad SMARTS) is 1. The maximum atomic E-state index is 12.4. The lowest BCUT2D eigenvalue weighted by atomic mass is 9.94. The van der Waals surface area contributed by atoms with E-state index >= 15 is 0 Å². The van der Waals surface area contributed by atoms with E-state index in [1.807, 2.05) is 13.8 Å². The molecule has 0 fully saturated rings. The standard InChI is InChI=1S/C16H19NO4/c1-10(2)7-12(16(20)21)9-17-14(18)8-11-5-3-4-6-13(11)15(17)19/h3-6,10,12H,7-9H2,1-2H3,(H,20,21). The van der Waals surface area contributed by atoms with E-state index in [0.717, 1.165) is 4.90 Å². The monoisotopic (exact) mass is 289 g/mol. The molecule has 0 aromatic heterocycles. The van der Waals surface area contributed by atoms with Crippen LogP contribution in [0, 0.1) is 11.8 Å². The number of imide groups is 1. The van der Waals surface area contributed by atoms with E-state index in [2.05, 4.69) is 0 Å². The summed E-state index contributed by atoms with van der Waals surface area (Å²) in [6.45, 7) is 3.79. The third-order valence-electron chi connectivity index (χ3n) is 3.64. The highest BCUT2D eigenvalue weighted by Crippen LogP contribution is 2.22. The van der Waals surface area contributed by atoms with Crippen LogP contribution in [0.4, 0.5) is 0 Å². The molecular formula is C16H19NO4. The Morgan fingerprint density at radius 3 is 2.57 bits per heavy atom. The van der Waals surface area contributed by atoms with Crippen LogP contribution in [0.1, 0.15) is 36.2 Å². The fourth-order valence-electron chi connectivity index (χ4n) is 2.63. The largest absolute Gasteiger partial charge is 0.481 e. The second-order valence-corrected chi connectivity index (χ2v) is 5.81. The average molecular weight is 289 g/mol. The summed E-state index contributed by atoms with van der Waals surface area (Å²) in [5, 5.41) is 9.27. The van der Waals surface area contributed by atoms with Crippen molar-refractivity contribution in [2.75, 3.05) is 6.54 Å². The van der Waals surface area contributed by atoms with Gasteiger partial charge in [-0.2, -0.15) is 0 Å². The van der Waals surface area contributed by atoms with Crippen molar-refractivity contribution in [3.05, 3.63) is 35.4 Å². The number of carbonyl (C=O) groups excluding carboxylic acids is 2. The molecule has 1 heterocycles. The van der Waals surface area contributed by atoms with Crippen molar-refractivity contribution in [3.8, 4) is 0 Å². The summed E-state index contributed by atoms with van der Waals surface area (Å²) in [6.07, 6.45) is 0.587. The molecule has 1 aliphatic heterocycles. The van der Waals surface area contributed by atoms with Gasteiger partial charge in [0, 0.05) is 12.1 Å². The molecule has 0 radical (unpaired) electrons. The minimum absolute atomic E-state index is 0.0560. The molecular weight excluding hydrogens is 270 g/mol. The second kappa shape index (κ2) is 6.08. The molecule has 0 aliphatic carbocycles. The Morgan fingerprint density at radius 1 is 1.29 bits per heavy atom. The molecule has 1 aromatic carbocycles. The van der Waals surface area contributed by atoms with Gasteiger partial charge in [-0.3, -0.25) is 19.3 Å². The molecule has 1 N–H and O–H groups in total. The van der Waals surface area contributed by atoms with Gasteiger partial charge in [0.2, 0.25) is 5.91 Å². The van der Waals surface area contributed by atoms with Gasteiger partial charge in [0.25, 0.3) is 5.91 Å². The van der Waals surface area contributed by atoms with E-state index in [4.69, 9.17) is 0 Å². The van der Waals surface area contributed by atoms with E-state index in [0.29, 0.717) is 17.5 Å². The Labute approximate surface area is 123 Å². The number of fused-ring (bicyclic) bond motifs is 1. The highest BCUT2D eigenvalue weighted by Gasteiger charge is 2.34. The minimum Gasteiger partial charge on any atom is -0.481 e. The number of hydrogen-bond donors (Lipinski definition) is 1. The molecule has 0 saturated carbocycles. The molecule has 0 bridgehead atoms. The predicted octanol–water partition coefficient (Wildman–Crippen LogP) is 1.96. The van der Waals surface area contributed by atoms with Gasteiger partial charge in [-0.25, -0.2) is 0 Å². The number of aliphatic carboxylic acids is 1. The SMILES string of the molecule is CC(C)CC(CN1C(=O)Cc2ccccc2C1=O)C(=O)O. The summed E-state index contributed by atoms with van der Waals surface area (Å²) in [5.74, 6) is -2.22.